The molecule has 0 fully saturated rings. The quantitative estimate of drug-likeness (QED) is 0.134. The Bertz CT molecular complexity index is 2360. The summed E-state index contributed by atoms with van der Waals surface area (Å²) in [5.41, 5.74) is 3.99. The molecule has 3 heterocycles. The summed E-state index contributed by atoms with van der Waals surface area (Å²) >= 11 is 14.6. The standard InChI is InChI=1S/C41H23Cl2N5O2S2/c42-26-18-14-24(15-19-26)36(49)38-34(30(22-44)40(51-38)46-28-8-3-1-4-9-28)32-12-7-13-33(48-32)35-31(23-45)41(47-29-10-5-2-6-11-29)52-39(35)37(50)25-16-20-27(43)21-17-25/h1-21,46-47H. The van der Waals surface area contributed by atoms with Crippen LogP contribution in [0.3, 0.4) is 0 Å². The summed E-state index contributed by atoms with van der Waals surface area (Å²) in [6, 6.07) is 41.5. The number of nitrogens with one attached hydrogen (secondary N) is 2. The van der Waals surface area contributed by atoms with Crippen molar-refractivity contribution in [3.63, 3.8) is 0 Å². The molecule has 0 saturated heterocycles. The van der Waals surface area contributed by atoms with Gasteiger partial charge in [0, 0.05) is 43.7 Å². The third kappa shape index (κ3) is 6.95. The Morgan fingerprint density at radius 2 is 0.923 bits per heavy atom. The number of aromatic nitrogens is 1. The number of anilines is 4. The van der Waals surface area contributed by atoms with Crippen LogP contribution in [-0.4, -0.2) is 16.6 Å². The SMILES string of the molecule is N#Cc1c(Nc2ccccc2)sc(C(=O)c2ccc(Cl)cc2)c1-c1cccc(-c2c(C(=O)c3ccc(Cl)cc3)sc(Nc3ccccc3)c2C#N)n1. The number of hydrogen-bond acceptors (Lipinski definition) is 9. The van der Waals surface area contributed by atoms with Crippen LogP contribution in [0.2, 0.25) is 10.0 Å². The first-order valence-corrected chi connectivity index (χ1v) is 18.1. The smallest absolute Gasteiger partial charge is 0.203 e. The number of nitriles is 2. The Morgan fingerprint density at radius 1 is 0.538 bits per heavy atom. The minimum atomic E-state index is -0.317. The predicted molar refractivity (Wildman–Crippen MR) is 210 cm³/mol. The van der Waals surface area contributed by atoms with Gasteiger partial charge in [-0.15, -0.1) is 22.7 Å². The number of para-hydroxylation sites is 2. The van der Waals surface area contributed by atoms with Crippen molar-refractivity contribution in [2.24, 2.45) is 0 Å². The molecule has 2 N–H and O–H groups in total. The van der Waals surface area contributed by atoms with Crippen molar-refractivity contribution in [3.8, 4) is 34.7 Å². The van der Waals surface area contributed by atoms with E-state index in [0.29, 0.717) is 53.7 Å². The van der Waals surface area contributed by atoms with E-state index >= 15 is 0 Å². The number of hydrogen-bond donors (Lipinski definition) is 2. The first-order chi connectivity index (χ1) is 25.3. The molecule has 0 aliphatic carbocycles. The van der Waals surface area contributed by atoms with E-state index < -0.39 is 0 Å². The third-order valence-electron chi connectivity index (χ3n) is 7.99. The van der Waals surface area contributed by atoms with Crippen LogP contribution in [0.1, 0.15) is 41.6 Å². The molecule has 7 rings (SSSR count). The van der Waals surface area contributed by atoms with Crippen LogP contribution in [0.25, 0.3) is 22.5 Å². The molecule has 7 aromatic rings. The Kier molecular flexibility index (Phi) is 9.94. The molecule has 7 nitrogen and oxygen atoms in total. The van der Waals surface area contributed by atoms with Gasteiger partial charge >= 0.3 is 0 Å². The van der Waals surface area contributed by atoms with Crippen molar-refractivity contribution in [3.05, 3.63) is 169 Å². The van der Waals surface area contributed by atoms with E-state index in [1.54, 1.807) is 66.7 Å². The number of nitrogens with zero attached hydrogens (tertiary/aromatic N) is 3. The summed E-state index contributed by atoms with van der Waals surface area (Å²) in [5.74, 6) is -0.634. The van der Waals surface area contributed by atoms with E-state index in [1.807, 2.05) is 60.7 Å². The second-order valence-electron chi connectivity index (χ2n) is 11.3. The Morgan fingerprint density at radius 3 is 1.29 bits per heavy atom. The molecule has 0 amide bonds. The second kappa shape index (κ2) is 15.0. The van der Waals surface area contributed by atoms with Crippen LogP contribution < -0.4 is 10.6 Å². The van der Waals surface area contributed by atoms with Gasteiger partial charge in [-0.3, -0.25) is 9.59 Å². The van der Waals surface area contributed by atoms with Gasteiger partial charge in [0.05, 0.1) is 32.3 Å². The molecule has 4 aromatic carbocycles. The number of benzene rings is 4. The molecule has 0 atom stereocenters. The van der Waals surface area contributed by atoms with E-state index in [4.69, 9.17) is 28.2 Å². The fourth-order valence-electron chi connectivity index (χ4n) is 5.54. The lowest BCUT2D eigenvalue weighted by atomic mass is 9.98. The number of carbonyl (C=O) groups is 2. The van der Waals surface area contributed by atoms with Crippen LogP contribution >= 0.6 is 45.9 Å². The number of ketones is 2. The van der Waals surface area contributed by atoms with Crippen LogP contribution in [0.5, 0.6) is 0 Å². The molecule has 0 aliphatic heterocycles. The van der Waals surface area contributed by atoms with Crippen molar-refractivity contribution < 1.29 is 9.59 Å². The molecule has 0 radical (unpaired) electrons. The van der Waals surface area contributed by atoms with Crippen molar-refractivity contribution in [1.82, 2.24) is 4.98 Å². The van der Waals surface area contributed by atoms with Crippen molar-refractivity contribution >= 4 is 78.8 Å². The van der Waals surface area contributed by atoms with E-state index in [0.717, 1.165) is 34.0 Å². The molecular formula is C41H23Cl2N5O2S2. The Labute approximate surface area is 317 Å². The average Bonchev–Trinajstić information content (AvgIpc) is 3.73. The van der Waals surface area contributed by atoms with E-state index in [9.17, 15) is 20.1 Å². The summed E-state index contributed by atoms with van der Waals surface area (Å²) in [5, 5.41) is 29.6. The van der Waals surface area contributed by atoms with Gasteiger partial charge in [-0.05, 0) is 84.9 Å². The highest BCUT2D eigenvalue weighted by molar-refractivity contribution is 7.19. The predicted octanol–water partition coefficient (Wildman–Crippen LogP) is 11.5. The fraction of sp³-hybridized carbons (Fsp3) is 0. The topological polar surface area (TPSA) is 119 Å². The molecule has 250 valence electrons. The molecule has 0 unspecified atom stereocenters. The summed E-state index contributed by atoms with van der Waals surface area (Å²) in [6.07, 6.45) is 0. The fourth-order valence-corrected chi connectivity index (χ4v) is 8.08. The van der Waals surface area contributed by atoms with E-state index in [1.165, 1.54) is 0 Å². The maximum Gasteiger partial charge on any atom is 0.203 e. The van der Waals surface area contributed by atoms with Gasteiger partial charge in [-0.2, -0.15) is 10.5 Å². The minimum Gasteiger partial charge on any atom is -0.346 e. The van der Waals surface area contributed by atoms with Crippen molar-refractivity contribution in [2.75, 3.05) is 10.6 Å². The maximum atomic E-state index is 14.1. The molecule has 3 aromatic heterocycles. The average molecular weight is 753 g/mol. The molecule has 0 saturated carbocycles. The summed E-state index contributed by atoms with van der Waals surface area (Å²) < 4.78 is 0. The van der Waals surface area contributed by atoms with E-state index in [-0.39, 0.29) is 32.4 Å². The summed E-state index contributed by atoms with van der Waals surface area (Å²) in [4.78, 5) is 33.8. The van der Waals surface area contributed by atoms with E-state index in [2.05, 4.69) is 22.8 Å². The van der Waals surface area contributed by atoms with Gasteiger partial charge in [-0.1, -0.05) is 65.7 Å². The van der Waals surface area contributed by atoms with Gasteiger partial charge < -0.3 is 10.6 Å². The van der Waals surface area contributed by atoms with Gasteiger partial charge in [0.15, 0.2) is 0 Å². The van der Waals surface area contributed by atoms with Crippen molar-refractivity contribution in [2.45, 2.75) is 0 Å². The lowest BCUT2D eigenvalue weighted by Crippen LogP contribution is -2.03. The highest BCUT2D eigenvalue weighted by atomic mass is 35.5. The monoisotopic (exact) mass is 751 g/mol. The molecule has 0 aliphatic rings. The first-order valence-electron chi connectivity index (χ1n) is 15.7. The lowest BCUT2D eigenvalue weighted by molar-refractivity contribution is 0.103. The van der Waals surface area contributed by atoms with Crippen molar-refractivity contribution in [1.29, 1.82) is 10.5 Å². The van der Waals surface area contributed by atoms with Crippen LogP contribution in [-0.2, 0) is 0 Å². The molecular weight excluding hydrogens is 730 g/mol. The highest BCUT2D eigenvalue weighted by Gasteiger charge is 2.29. The zero-order valence-corrected chi connectivity index (χ0v) is 30.0. The minimum absolute atomic E-state index is 0.227. The van der Waals surface area contributed by atoms with Crippen LogP contribution in [0, 0.1) is 22.7 Å². The van der Waals surface area contributed by atoms with Gasteiger partial charge in [0.25, 0.3) is 0 Å². The number of halogens is 2. The largest absolute Gasteiger partial charge is 0.346 e. The van der Waals surface area contributed by atoms with Gasteiger partial charge in [-0.25, -0.2) is 4.98 Å². The van der Waals surface area contributed by atoms with Crippen LogP contribution in [0.15, 0.2) is 127 Å². The maximum absolute atomic E-state index is 14.1. The lowest BCUT2D eigenvalue weighted by Gasteiger charge is -2.09. The number of thiophene rings is 2. The van der Waals surface area contributed by atoms with Gasteiger partial charge in [0.2, 0.25) is 11.6 Å². The molecule has 0 bridgehead atoms. The Balaban J connectivity index is 1.42. The first kappa shape index (κ1) is 34.4. The molecule has 52 heavy (non-hydrogen) atoms. The number of carbonyl (C=O) groups excluding carboxylic acids is 2. The zero-order chi connectivity index (χ0) is 36.2. The molecule has 11 heteroatoms. The number of pyridine rings is 1. The summed E-state index contributed by atoms with van der Waals surface area (Å²) in [7, 11) is 0. The third-order valence-corrected chi connectivity index (χ3v) is 10.7. The number of rotatable bonds is 10. The van der Waals surface area contributed by atoms with Gasteiger partial charge in [0.1, 0.15) is 22.1 Å². The zero-order valence-electron chi connectivity index (χ0n) is 26.9. The van der Waals surface area contributed by atoms with Crippen LogP contribution in [0.4, 0.5) is 21.4 Å². The molecule has 0 spiro atoms. The summed E-state index contributed by atoms with van der Waals surface area (Å²) in [6.45, 7) is 0. The Hall–Kier alpha value is -6.07. The highest BCUT2D eigenvalue weighted by Crippen LogP contribution is 2.45. The normalized spacial score (nSPS) is 10.6. The second-order valence-corrected chi connectivity index (χ2v) is 14.2.